The molecule has 0 saturated carbocycles. The molecular formula is C21H18F3N5O3S. The molecule has 1 atom stereocenters. The number of rotatable bonds is 7. The van der Waals surface area contributed by atoms with Crippen molar-refractivity contribution in [2.75, 3.05) is 5.32 Å². The van der Waals surface area contributed by atoms with Gasteiger partial charge in [-0.1, -0.05) is 17.4 Å². The molecule has 1 aliphatic heterocycles. The Balaban J connectivity index is 1.41. The maximum Gasteiger partial charge on any atom is 0.433 e. The van der Waals surface area contributed by atoms with Crippen LogP contribution in [0.4, 0.5) is 23.7 Å². The maximum absolute atomic E-state index is 12.7. The molecule has 3 aromatic rings. The van der Waals surface area contributed by atoms with E-state index in [-0.39, 0.29) is 12.3 Å². The van der Waals surface area contributed by atoms with Crippen LogP contribution in [-0.2, 0) is 30.2 Å². The number of fused-ring (bicyclic) bond motifs is 1. The third-order valence-corrected chi connectivity index (χ3v) is 6.11. The fourth-order valence-corrected chi connectivity index (χ4v) is 4.38. The molecule has 0 unspecified atom stereocenters. The number of halogens is 3. The Morgan fingerprint density at radius 3 is 2.76 bits per heavy atom. The molecule has 2 aromatic heterocycles. The monoisotopic (exact) mass is 477 g/mol. The van der Waals surface area contributed by atoms with Crippen molar-refractivity contribution in [3.63, 3.8) is 0 Å². The minimum Gasteiger partial charge on any atom is -0.465 e. The summed E-state index contributed by atoms with van der Waals surface area (Å²) in [6, 6.07) is 7.20. The quantitative estimate of drug-likeness (QED) is 0.475. The third-order valence-electron chi connectivity index (χ3n) is 5.08. The number of alkyl halides is 3. The highest BCUT2D eigenvalue weighted by molar-refractivity contribution is 7.14. The molecule has 0 bridgehead atoms. The van der Waals surface area contributed by atoms with Gasteiger partial charge in [0.25, 0.3) is 0 Å². The Bertz CT molecular complexity index is 1180. The van der Waals surface area contributed by atoms with Crippen LogP contribution in [-0.4, -0.2) is 38.3 Å². The predicted octanol–water partition coefficient (Wildman–Crippen LogP) is 3.93. The molecule has 0 aliphatic carbocycles. The van der Waals surface area contributed by atoms with Gasteiger partial charge in [-0.3, -0.25) is 9.78 Å². The van der Waals surface area contributed by atoms with E-state index < -0.39 is 24.0 Å². The van der Waals surface area contributed by atoms with E-state index in [0.717, 1.165) is 29.1 Å². The number of carboxylic acid groups (broad SMARTS) is 1. The van der Waals surface area contributed by atoms with Gasteiger partial charge in [0.1, 0.15) is 15.7 Å². The van der Waals surface area contributed by atoms with E-state index >= 15 is 0 Å². The van der Waals surface area contributed by atoms with E-state index in [0.29, 0.717) is 34.8 Å². The fourth-order valence-electron chi connectivity index (χ4n) is 3.53. The van der Waals surface area contributed by atoms with Crippen molar-refractivity contribution >= 4 is 29.0 Å². The number of nitrogens with one attached hydrogen (secondary N) is 2. The van der Waals surface area contributed by atoms with Crippen LogP contribution in [0.2, 0.25) is 0 Å². The second-order valence-corrected chi connectivity index (χ2v) is 8.60. The molecule has 4 rings (SSSR count). The predicted molar refractivity (Wildman–Crippen MR) is 114 cm³/mol. The van der Waals surface area contributed by atoms with E-state index in [1.165, 1.54) is 17.4 Å². The van der Waals surface area contributed by atoms with E-state index in [4.69, 9.17) is 5.11 Å². The number of aryl methyl sites for hydroxylation is 1. The fraction of sp³-hybridized carbons (Fsp3) is 0.286. The molecule has 0 spiro atoms. The molecule has 3 N–H and O–H groups in total. The summed E-state index contributed by atoms with van der Waals surface area (Å²) in [6.45, 7) is 0. The Morgan fingerprint density at radius 2 is 2.06 bits per heavy atom. The van der Waals surface area contributed by atoms with Gasteiger partial charge in [-0.05, 0) is 48.2 Å². The number of carbonyl (C=O) groups is 2. The molecule has 0 fully saturated rings. The zero-order valence-electron chi connectivity index (χ0n) is 17.0. The smallest absolute Gasteiger partial charge is 0.433 e. The molecule has 1 aromatic carbocycles. The van der Waals surface area contributed by atoms with Crippen LogP contribution < -0.4 is 10.6 Å². The van der Waals surface area contributed by atoms with Crippen molar-refractivity contribution in [1.82, 2.24) is 20.5 Å². The molecule has 1 aliphatic rings. The highest BCUT2D eigenvalue weighted by Gasteiger charge is 2.32. The van der Waals surface area contributed by atoms with Gasteiger partial charge in [0.15, 0.2) is 0 Å². The first-order chi connectivity index (χ1) is 15.7. The first-order valence-corrected chi connectivity index (χ1v) is 10.8. The van der Waals surface area contributed by atoms with Gasteiger partial charge in [0, 0.05) is 29.9 Å². The van der Waals surface area contributed by atoms with Crippen molar-refractivity contribution in [1.29, 1.82) is 0 Å². The van der Waals surface area contributed by atoms with Gasteiger partial charge in [-0.25, -0.2) is 4.79 Å². The van der Waals surface area contributed by atoms with Gasteiger partial charge in [0.05, 0.1) is 6.42 Å². The summed E-state index contributed by atoms with van der Waals surface area (Å²) in [4.78, 5) is 26.1. The van der Waals surface area contributed by atoms with Crippen LogP contribution in [0, 0.1) is 0 Å². The van der Waals surface area contributed by atoms with Crippen molar-refractivity contribution in [3.8, 4) is 10.6 Å². The molecule has 3 heterocycles. The number of carbonyl (C=O) groups excluding carboxylic acids is 1. The van der Waals surface area contributed by atoms with Crippen LogP contribution >= 0.6 is 11.3 Å². The Hall–Kier alpha value is -3.54. The summed E-state index contributed by atoms with van der Waals surface area (Å²) in [7, 11) is 0. The lowest BCUT2D eigenvalue weighted by molar-refractivity contribution is -0.141. The average molecular weight is 477 g/mol. The minimum atomic E-state index is -4.53. The van der Waals surface area contributed by atoms with Gasteiger partial charge in [-0.15, -0.1) is 10.2 Å². The second kappa shape index (κ2) is 9.14. The lowest BCUT2D eigenvalue weighted by atomic mass is 10.0. The first kappa shape index (κ1) is 22.6. The largest absolute Gasteiger partial charge is 0.465 e. The van der Waals surface area contributed by atoms with E-state index in [1.54, 1.807) is 0 Å². The van der Waals surface area contributed by atoms with Gasteiger partial charge >= 0.3 is 12.3 Å². The number of amides is 2. The summed E-state index contributed by atoms with van der Waals surface area (Å²) in [5.41, 5.74) is 2.01. The Morgan fingerprint density at radius 1 is 1.24 bits per heavy atom. The third kappa shape index (κ3) is 5.64. The van der Waals surface area contributed by atoms with E-state index in [1.807, 2.05) is 18.2 Å². The summed E-state index contributed by atoms with van der Waals surface area (Å²) in [5.74, 6) is -0.0553. The van der Waals surface area contributed by atoms with Crippen molar-refractivity contribution in [3.05, 3.63) is 58.4 Å². The Labute approximate surface area is 189 Å². The number of aromatic nitrogens is 3. The summed E-state index contributed by atoms with van der Waals surface area (Å²) in [5, 5.41) is 24.0. The molecule has 2 amide bonds. The molecule has 12 heteroatoms. The van der Waals surface area contributed by atoms with Gasteiger partial charge < -0.3 is 15.7 Å². The highest BCUT2D eigenvalue weighted by Crippen LogP contribution is 2.31. The van der Waals surface area contributed by atoms with Crippen molar-refractivity contribution in [2.24, 2.45) is 0 Å². The average Bonchev–Trinajstić information content (AvgIpc) is 3.36. The number of benzene rings is 1. The van der Waals surface area contributed by atoms with Crippen molar-refractivity contribution < 1.29 is 27.9 Å². The maximum atomic E-state index is 12.7. The van der Waals surface area contributed by atoms with E-state index in [2.05, 4.69) is 25.8 Å². The van der Waals surface area contributed by atoms with Gasteiger partial charge in [-0.2, -0.15) is 13.2 Å². The molecule has 33 heavy (non-hydrogen) atoms. The second-order valence-electron chi connectivity index (χ2n) is 7.54. The van der Waals surface area contributed by atoms with E-state index in [9.17, 15) is 22.8 Å². The number of pyridine rings is 1. The lowest BCUT2D eigenvalue weighted by Gasteiger charge is -2.16. The highest BCUT2D eigenvalue weighted by atomic mass is 32.1. The zero-order chi connectivity index (χ0) is 23.6. The Kier molecular flexibility index (Phi) is 6.27. The molecule has 0 radical (unpaired) electrons. The van der Waals surface area contributed by atoms with Crippen LogP contribution in [0.5, 0.6) is 0 Å². The number of hydrogen-bond acceptors (Lipinski definition) is 6. The molecule has 0 saturated heterocycles. The van der Waals surface area contributed by atoms with Crippen molar-refractivity contribution in [2.45, 2.75) is 37.9 Å². The number of nitrogens with zero attached hydrogens (tertiary/aromatic N) is 3. The molecular weight excluding hydrogens is 459 g/mol. The number of hydrogen-bond donors (Lipinski definition) is 3. The number of anilines is 1. The normalized spacial score (nSPS) is 14.0. The van der Waals surface area contributed by atoms with Crippen LogP contribution in [0.25, 0.3) is 10.6 Å². The lowest BCUT2D eigenvalue weighted by Crippen LogP contribution is -2.35. The SMILES string of the molecule is O=C(O)N[C@H](CCc1nnc(-c2ccc3c(c2)CC(=O)N3)s1)Cc1ccc(C(F)(F)F)nc1. The van der Waals surface area contributed by atoms with Crippen LogP contribution in [0.15, 0.2) is 36.5 Å². The topological polar surface area (TPSA) is 117 Å². The van der Waals surface area contributed by atoms with Gasteiger partial charge in [0.2, 0.25) is 5.91 Å². The summed E-state index contributed by atoms with van der Waals surface area (Å²) in [6.07, 6.45) is -3.33. The first-order valence-electron chi connectivity index (χ1n) is 9.94. The summed E-state index contributed by atoms with van der Waals surface area (Å²) >= 11 is 1.36. The standard InChI is InChI=1S/C21H18F3N5O3S/c22-21(23,24)16-5-1-11(10-25-16)7-14(26-20(31)32)3-6-18-28-29-19(33-18)12-2-4-15-13(8-12)9-17(30)27-15/h1-2,4-5,8,10,14,26H,3,6-7,9H2,(H,27,30)(H,31,32)/t14-/m1/s1. The minimum absolute atomic E-state index is 0.0553. The molecule has 8 nitrogen and oxygen atoms in total. The summed E-state index contributed by atoms with van der Waals surface area (Å²) < 4.78 is 38.1. The molecule has 172 valence electrons. The van der Waals surface area contributed by atoms with Crippen LogP contribution in [0.1, 0.15) is 28.2 Å². The zero-order valence-corrected chi connectivity index (χ0v) is 17.8. The van der Waals surface area contributed by atoms with Crippen LogP contribution in [0.3, 0.4) is 0 Å².